The predicted octanol–water partition coefficient (Wildman–Crippen LogP) is 2.02. The summed E-state index contributed by atoms with van der Waals surface area (Å²) in [6.45, 7) is 3.29. The van der Waals surface area contributed by atoms with Crippen molar-refractivity contribution in [3.63, 3.8) is 0 Å². The Morgan fingerprint density at radius 3 is 2.60 bits per heavy atom. The van der Waals surface area contributed by atoms with Crippen LogP contribution in [0.4, 0.5) is 0 Å². The molecule has 4 nitrogen and oxygen atoms in total. The Balaban J connectivity index is 1.72. The molecule has 0 aromatic heterocycles. The Hall–Kier alpha value is -0.910. The van der Waals surface area contributed by atoms with Crippen molar-refractivity contribution in [2.45, 2.75) is 50.1 Å². The lowest BCUT2D eigenvalue weighted by atomic mass is 10.2. The Bertz CT molecular complexity index is 590. The molecule has 2 aliphatic rings. The van der Waals surface area contributed by atoms with E-state index >= 15 is 0 Å². The third-order valence-electron chi connectivity index (χ3n) is 4.21. The maximum atomic E-state index is 12.4. The Kier molecular flexibility index (Phi) is 3.60. The van der Waals surface area contributed by atoms with Gasteiger partial charge in [-0.15, -0.1) is 0 Å². The Morgan fingerprint density at radius 1 is 1.25 bits per heavy atom. The van der Waals surface area contributed by atoms with Gasteiger partial charge in [-0.25, -0.2) is 13.1 Å². The molecule has 2 fully saturated rings. The van der Waals surface area contributed by atoms with Crippen LogP contribution in [0.1, 0.15) is 38.2 Å². The maximum absolute atomic E-state index is 12.4. The molecule has 3 rings (SSSR count). The molecule has 2 N–H and O–H groups in total. The SMILES string of the molecule is CC1(CNS(=O)(=O)c2ccccc2CNC2CC2)CC1. The van der Waals surface area contributed by atoms with Gasteiger partial charge in [-0.3, -0.25) is 0 Å². The van der Waals surface area contributed by atoms with E-state index in [4.69, 9.17) is 0 Å². The van der Waals surface area contributed by atoms with E-state index in [1.165, 1.54) is 12.8 Å². The Morgan fingerprint density at radius 2 is 1.95 bits per heavy atom. The predicted molar refractivity (Wildman–Crippen MR) is 78.8 cm³/mol. The molecular weight excluding hydrogens is 272 g/mol. The second kappa shape index (κ2) is 5.13. The molecule has 5 heteroatoms. The van der Waals surface area contributed by atoms with Crippen molar-refractivity contribution in [3.05, 3.63) is 29.8 Å². The van der Waals surface area contributed by atoms with Gasteiger partial charge in [-0.2, -0.15) is 0 Å². The highest BCUT2D eigenvalue weighted by molar-refractivity contribution is 7.89. The molecule has 0 bridgehead atoms. The molecule has 110 valence electrons. The molecule has 0 radical (unpaired) electrons. The van der Waals surface area contributed by atoms with E-state index in [0.29, 0.717) is 24.0 Å². The van der Waals surface area contributed by atoms with E-state index in [1.807, 2.05) is 12.1 Å². The first-order valence-corrected chi connectivity index (χ1v) is 8.78. The molecule has 0 atom stereocenters. The molecule has 20 heavy (non-hydrogen) atoms. The van der Waals surface area contributed by atoms with Crippen LogP contribution in [0.25, 0.3) is 0 Å². The van der Waals surface area contributed by atoms with Gasteiger partial charge in [-0.1, -0.05) is 25.1 Å². The molecule has 0 saturated heterocycles. The minimum atomic E-state index is -3.40. The fourth-order valence-corrected chi connectivity index (χ4v) is 3.63. The van der Waals surface area contributed by atoms with Crippen molar-refractivity contribution in [2.24, 2.45) is 5.41 Å². The minimum absolute atomic E-state index is 0.175. The number of hydrogen-bond donors (Lipinski definition) is 2. The molecule has 0 spiro atoms. The summed E-state index contributed by atoms with van der Waals surface area (Å²) in [5, 5.41) is 3.38. The standard InChI is InChI=1S/C15H22N2O2S/c1-15(8-9-15)11-17-20(18,19)14-5-3-2-4-12(14)10-16-13-6-7-13/h2-5,13,16-17H,6-11H2,1H3. The fourth-order valence-electron chi connectivity index (χ4n) is 2.19. The third kappa shape index (κ3) is 3.40. The summed E-state index contributed by atoms with van der Waals surface area (Å²) in [6, 6.07) is 7.84. The lowest BCUT2D eigenvalue weighted by Crippen LogP contribution is -2.30. The van der Waals surface area contributed by atoms with Gasteiger partial charge in [0.2, 0.25) is 10.0 Å². The van der Waals surface area contributed by atoms with Crippen LogP contribution >= 0.6 is 0 Å². The highest BCUT2D eigenvalue weighted by atomic mass is 32.2. The van der Waals surface area contributed by atoms with Gasteiger partial charge in [0, 0.05) is 19.1 Å². The zero-order chi connectivity index (χ0) is 14.2. The number of nitrogens with one attached hydrogen (secondary N) is 2. The van der Waals surface area contributed by atoms with Crippen molar-refractivity contribution in [2.75, 3.05) is 6.54 Å². The molecule has 0 unspecified atom stereocenters. The van der Waals surface area contributed by atoms with Gasteiger partial charge < -0.3 is 5.32 Å². The average Bonchev–Trinajstić information content (AvgIpc) is 3.33. The first-order chi connectivity index (χ1) is 9.49. The van der Waals surface area contributed by atoms with Crippen molar-refractivity contribution >= 4 is 10.0 Å². The van der Waals surface area contributed by atoms with Gasteiger partial charge in [0.15, 0.2) is 0 Å². The van der Waals surface area contributed by atoms with Crippen LogP contribution in [0.3, 0.4) is 0 Å². The number of benzene rings is 1. The molecule has 2 aliphatic carbocycles. The monoisotopic (exact) mass is 294 g/mol. The van der Waals surface area contributed by atoms with Crippen LogP contribution in [0.15, 0.2) is 29.2 Å². The number of sulfonamides is 1. The first kappa shape index (κ1) is 14.0. The lowest BCUT2D eigenvalue weighted by molar-refractivity contribution is 0.529. The first-order valence-electron chi connectivity index (χ1n) is 7.30. The highest BCUT2D eigenvalue weighted by Gasteiger charge is 2.38. The van der Waals surface area contributed by atoms with Crippen molar-refractivity contribution < 1.29 is 8.42 Å². The van der Waals surface area contributed by atoms with Crippen molar-refractivity contribution in [1.82, 2.24) is 10.0 Å². The summed E-state index contributed by atoms with van der Waals surface area (Å²) < 4.78 is 27.7. The topological polar surface area (TPSA) is 58.2 Å². The van der Waals surface area contributed by atoms with E-state index in [1.54, 1.807) is 12.1 Å². The van der Waals surface area contributed by atoms with Crippen molar-refractivity contribution in [1.29, 1.82) is 0 Å². The normalized spacial score (nSPS) is 20.9. The van der Waals surface area contributed by atoms with E-state index < -0.39 is 10.0 Å². The number of hydrogen-bond acceptors (Lipinski definition) is 3. The van der Waals surface area contributed by atoms with Crippen molar-refractivity contribution in [3.8, 4) is 0 Å². The zero-order valence-electron chi connectivity index (χ0n) is 11.9. The van der Waals surface area contributed by atoms with Gasteiger partial charge >= 0.3 is 0 Å². The summed E-state index contributed by atoms with van der Waals surface area (Å²) in [7, 11) is -3.40. The van der Waals surface area contributed by atoms with E-state index in [2.05, 4.69) is 17.0 Å². The summed E-state index contributed by atoms with van der Waals surface area (Å²) in [6.07, 6.45) is 4.62. The minimum Gasteiger partial charge on any atom is -0.310 e. The molecule has 2 saturated carbocycles. The van der Waals surface area contributed by atoms with Crippen LogP contribution in [-0.2, 0) is 16.6 Å². The summed E-state index contributed by atoms with van der Waals surface area (Å²) in [4.78, 5) is 0.414. The second-order valence-electron chi connectivity index (χ2n) is 6.40. The lowest BCUT2D eigenvalue weighted by Gasteiger charge is -2.14. The fraction of sp³-hybridized carbons (Fsp3) is 0.600. The largest absolute Gasteiger partial charge is 0.310 e. The van der Waals surface area contributed by atoms with Gasteiger partial charge in [0.25, 0.3) is 0 Å². The van der Waals surface area contributed by atoms with E-state index in [-0.39, 0.29) is 5.41 Å². The highest BCUT2D eigenvalue weighted by Crippen LogP contribution is 2.44. The molecule has 0 heterocycles. The molecule has 1 aromatic rings. The van der Waals surface area contributed by atoms with E-state index in [0.717, 1.165) is 18.4 Å². The van der Waals surface area contributed by atoms with Crippen LogP contribution < -0.4 is 10.0 Å². The van der Waals surface area contributed by atoms with Gasteiger partial charge in [-0.05, 0) is 42.7 Å². The van der Waals surface area contributed by atoms with Crippen LogP contribution in [-0.4, -0.2) is 21.0 Å². The Labute approximate surface area is 121 Å². The third-order valence-corrected chi connectivity index (χ3v) is 5.71. The van der Waals surface area contributed by atoms with Gasteiger partial charge in [0.05, 0.1) is 4.90 Å². The van der Waals surface area contributed by atoms with Gasteiger partial charge in [0.1, 0.15) is 0 Å². The summed E-state index contributed by atoms with van der Waals surface area (Å²) >= 11 is 0. The average molecular weight is 294 g/mol. The van der Waals surface area contributed by atoms with E-state index in [9.17, 15) is 8.42 Å². The molecule has 0 aliphatic heterocycles. The summed E-state index contributed by atoms with van der Waals surface area (Å²) in [5.41, 5.74) is 1.03. The summed E-state index contributed by atoms with van der Waals surface area (Å²) in [5.74, 6) is 0. The smallest absolute Gasteiger partial charge is 0.240 e. The second-order valence-corrected chi connectivity index (χ2v) is 8.13. The zero-order valence-corrected chi connectivity index (χ0v) is 12.7. The van der Waals surface area contributed by atoms with Crippen LogP contribution in [0, 0.1) is 5.41 Å². The molecular formula is C15H22N2O2S. The quantitative estimate of drug-likeness (QED) is 0.809. The molecule has 1 aromatic carbocycles. The van der Waals surface area contributed by atoms with Crippen LogP contribution in [0.5, 0.6) is 0 Å². The maximum Gasteiger partial charge on any atom is 0.240 e. The number of rotatable bonds is 7. The molecule has 0 amide bonds. The van der Waals surface area contributed by atoms with Crippen LogP contribution in [0.2, 0.25) is 0 Å².